The van der Waals surface area contributed by atoms with Crippen LogP contribution in [0.15, 0.2) is 34.5 Å². The highest BCUT2D eigenvalue weighted by Crippen LogP contribution is 2.32. The highest BCUT2D eigenvalue weighted by Gasteiger charge is 2.19. The monoisotopic (exact) mass is 327 g/mol. The topological polar surface area (TPSA) is 64.6 Å². The minimum Gasteiger partial charge on any atom is -0.497 e. The van der Waals surface area contributed by atoms with Gasteiger partial charge in [-0.05, 0) is 30.7 Å². The maximum atomic E-state index is 12.4. The predicted molar refractivity (Wildman–Crippen MR) is 84.1 cm³/mol. The van der Waals surface area contributed by atoms with E-state index in [1.165, 1.54) is 25.6 Å². The van der Waals surface area contributed by atoms with Gasteiger partial charge in [-0.25, -0.2) is 8.42 Å². The lowest BCUT2D eigenvalue weighted by molar-refractivity contribution is 0.405. The van der Waals surface area contributed by atoms with Gasteiger partial charge in [-0.2, -0.15) is 0 Å². The van der Waals surface area contributed by atoms with E-state index in [-0.39, 0.29) is 4.21 Å². The summed E-state index contributed by atoms with van der Waals surface area (Å²) in [5.74, 6) is 0.987. The van der Waals surface area contributed by atoms with Crippen LogP contribution in [0.5, 0.6) is 11.5 Å². The second kappa shape index (κ2) is 6.36. The van der Waals surface area contributed by atoms with Crippen molar-refractivity contribution in [2.24, 2.45) is 0 Å². The molecule has 1 heterocycles. The van der Waals surface area contributed by atoms with Crippen molar-refractivity contribution < 1.29 is 17.9 Å². The molecule has 0 atom stereocenters. The van der Waals surface area contributed by atoms with Crippen LogP contribution in [0.2, 0.25) is 0 Å². The molecule has 21 heavy (non-hydrogen) atoms. The zero-order chi connectivity index (χ0) is 15.5. The van der Waals surface area contributed by atoms with Crippen molar-refractivity contribution in [1.29, 1.82) is 0 Å². The number of aryl methyl sites for hydroxylation is 1. The van der Waals surface area contributed by atoms with E-state index >= 15 is 0 Å². The molecule has 1 aromatic heterocycles. The maximum Gasteiger partial charge on any atom is 0.271 e. The molecule has 2 aromatic rings. The van der Waals surface area contributed by atoms with Crippen molar-refractivity contribution >= 4 is 27.0 Å². The van der Waals surface area contributed by atoms with Crippen molar-refractivity contribution in [1.82, 2.24) is 0 Å². The molecule has 0 unspecified atom stereocenters. The molecular formula is C14H17NO4S2. The van der Waals surface area contributed by atoms with E-state index in [2.05, 4.69) is 4.72 Å². The van der Waals surface area contributed by atoms with E-state index < -0.39 is 10.0 Å². The fraction of sp³-hybridized carbons (Fsp3) is 0.286. The Morgan fingerprint density at radius 2 is 1.90 bits per heavy atom. The zero-order valence-electron chi connectivity index (χ0n) is 12.0. The maximum absolute atomic E-state index is 12.4. The van der Waals surface area contributed by atoms with Crippen LogP contribution in [0.3, 0.4) is 0 Å². The molecule has 7 heteroatoms. The molecule has 0 aliphatic rings. The number of nitrogens with one attached hydrogen (secondary N) is 1. The van der Waals surface area contributed by atoms with Crippen LogP contribution in [-0.4, -0.2) is 22.6 Å². The first-order valence-electron chi connectivity index (χ1n) is 6.33. The Labute approximate surface area is 128 Å². The molecule has 114 valence electrons. The number of sulfonamides is 1. The summed E-state index contributed by atoms with van der Waals surface area (Å²) in [6, 6.07) is 8.38. The number of anilines is 1. The summed E-state index contributed by atoms with van der Waals surface area (Å²) in [7, 11) is -0.620. The van der Waals surface area contributed by atoms with Crippen LogP contribution in [0.1, 0.15) is 11.8 Å². The fourth-order valence-electron chi connectivity index (χ4n) is 1.78. The largest absolute Gasteiger partial charge is 0.497 e. The first-order chi connectivity index (χ1) is 10.00. The van der Waals surface area contributed by atoms with Crippen molar-refractivity contribution in [2.75, 3.05) is 18.9 Å². The molecular weight excluding hydrogens is 310 g/mol. The highest BCUT2D eigenvalue weighted by atomic mass is 32.2. The van der Waals surface area contributed by atoms with Gasteiger partial charge in [-0.3, -0.25) is 4.72 Å². The third kappa shape index (κ3) is 3.48. The molecule has 0 saturated heterocycles. The second-order valence-electron chi connectivity index (χ2n) is 4.25. The van der Waals surface area contributed by atoms with Crippen LogP contribution < -0.4 is 14.2 Å². The lowest BCUT2D eigenvalue weighted by Crippen LogP contribution is -2.12. The van der Waals surface area contributed by atoms with Crippen molar-refractivity contribution in [3.05, 3.63) is 35.2 Å². The molecule has 1 aromatic carbocycles. The summed E-state index contributed by atoms with van der Waals surface area (Å²) in [5, 5.41) is 0. The molecule has 0 bridgehead atoms. The van der Waals surface area contributed by atoms with Crippen LogP contribution in [0.25, 0.3) is 0 Å². The van der Waals surface area contributed by atoms with Gasteiger partial charge in [-0.1, -0.05) is 6.92 Å². The van der Waals surface area contributed by atoms with Gasteiger partial charge in [0, 0.05) is 10.9 Å². The zero-order valence-corrected chi connectivity index (χ0v) is 13.7. The third-order valence-corrected chi connectivity index (χ3v) is 5.99. The molecule has 0 radical (unpaired) electrons. The number of ether oxygens (including phenoxy) is 2. The van der Waals surface area contributed by atoms with Crippen LogP contribution in [0, 0.1) is 0 Å². The second-order valence-corrected chi connectivity index (χ2v) is 7.32. The molecule has 1 N–H and O–H groups in total. The summed E-state index contributed by atoms with van der Waals surface area (Å²) < 4.78 is 37.9. The first-order valence-corrected chi connectivity index (χ1v) is 8.63. The fourth-order valence-corrected chi connectivity index (χ4v) is 4.14. The lowest BCUT2D eigenvalue weighted by Gasteiger charge is -2.12. The Bertz CT molecular complexity index is 722. The van der Waals surface area contributed by atoms with Gasteiger partial charge in [0.2, 0.25) is 0 Å². The van der Waals surface area contributed by atoms with Gasteiger partial charge in [-0.15, -0.1) is 11.3 Å². The highest BCUT2D eigenvalue weighted by molar-refractivity contribution is 7.94. The number of methoxy groups -OCH3 is 2. The summed E-state index contributed by atoms with van der Waals surface area (Å²) in [6.07, 6.45) is 0.808. The molecule has 0 aliphatic carbocycles. The molecule has 2 rings (SSSR count). The molecule has 0 spiro atoms. The summed E-state index contributed by atoms with van der Waals surface area (Å²) in [5.41, 5.74) is 0.350. The SMILES string of the molecule is CCc1ccc(S(=O)(=O)Nc2cc(OC)ccc2OC)s1. The third-order valence-electron chi connectivity index (χ3n) is 2.90. The van der Waals surface area contributed by atoms with Crippen LogP contribution in [-0.2, 0) is 16.4 Å². The number of benzene rings is 1. The van der Waals surface area contributed by atoms with E-state index in [0.717, 1.165) is 11.3 Å². The van der Waals surface area contributed by atoms with E-state index in [1.807, 2.05) is 13.0 Å². The van der Waals surface area contributed by atoms with Crippen LogP contribution >= 0.6 is 11.3 Å². The summed E-state index contributed by atoms with van der Waals surface area (Å²) in [4.78, 5) is 1.02. The minimum atomic E-state index is -3.63. The molecule has 5 nitrogen and oxygen atoms in total. The summed E-state index contributed by atoms with van der Waals surface area (Å²) >= 11 is 1.26. The van der Waals surface area contributed by atoms with Crippen LogP contribution in [0.4, 0.5) is 5.69 Å². The normalized spacial score (nSPS) is 11.2. The smallest absolute Gasteiger partial charge is 0.271 e. The van der Waals surface area contributed by atoms with Gasteiger partial charge in [0.25, 0.3) is 10.0 Å². The predicted octanol–water partition coefficient (Wildman–Crippen LogP) is 3.13. The molecule has 0 amide bonds. The van der Waals surface area contributed by atoms with E-state index in [9.17, 15) is 8.42 Å². The van der Waals surface area contributed by atoms with Gasteiger partial charge in [0.15, 0.2) is 0 Å². The molecule has 0 aliphatic heterocycles. The number of rotatable bonds is 6. The number of thiophene rings is 1. The van der Waals surface area contributed by atoms with E-state index in [1.54, 1.807) is 24.3 Å². The Balaban J connectivity index is 2.35. The average molecular weight is 327 g/mol. The molecule has 0 saturated carbocycles. The summed E-state index contributed by atoms with van der Waals surface area (Å²) in [6.45, 7) is 1.99. The van der Waals surface area contributed by atoms with Gasteiger partial charge >= 0.3 is 0 Å². The number of hydrogen-bond donors (Lipinski definition) is 1. The Morgan fingerprint density at radius 1 is 1.14 bits per heavy atom. The van der Waals surface area contributed by atoms with Gasteiger partial charge < -0.3 is 9.47 Å². The lowest BCUT2D eigenvalue weighted by atomic mass is 10.3. The van der Waals surface area contributed by atoms with Gasteiger partial charge in [0.1, 0.15) is 15.7 Å². The Morgan fingerprint density at radius 3 is 2.48 bits per heavy atom. The molecule has 0 fully saturated rings. The van der Waals surface area contributed by atoms with Crippen molar-refractivity contribution in [3.63, 3.8) is 0 Å². The Hall–Kier alpha value is -1.73. The quantitative estimate of drug-likeness (QED) is 0.885. The van der Waals surface area contributed by atoms with E-state index in [4.69, 9.17) is 9.47 Å². The number of hydrogen-bond acceptors (Lipinski definition) is 5. The van der Waals surface area contributed by atoms with Crippen molar-refractivity contribution in [2.45, 2.75) is 17.6 Å². The van der Waals surface area contributed by atoms with E-state index in [0.29, 0.717) is 17.2 Å². The van der Waals surface area contributed by atoms with Gasteiger partial charge in [0.05, 0.1) is 19.9 Å². The Kier molecular flexibility index (Phi) is 4.74. The van der Waals surface area contributed by atoms with Crippen molar-refractivity contribution in [3.8, 4) is 11.5 Å². The first kappa shape index (κ1) is 15.7. The minimum absolute atomic E-state index is 0.282. The average Bonchev–Trinajstić information content (AvgIpc) is 2.96. The standard InChI is InChI=1S/C14H17NO4S2/c1-4-11-6-8-14(20-11)21(16,17)15-12-9-10(18-2)5-7-13(12)19-3/h5-9,15H,4H2,1-3H3.